The number of rotatable bonds is 2. The van der Waals surface area contributed by atoms with Gasteiger partial charge in [-0.2, -0.15) is 0 Å². The van der Waals surface area contributed by atoms with Gasteiger partial charge in [-0.05, 0) is 25.0 Å². The maximum atomic E-state index is 12.0. The number of pyridine rings is 1. The van der Waals surface area contributed by atoms with Gasteiger partial charge in [0.1, 0.15) is 5.75 Å². The van der Waals surface area contributed by atoms with Crippen molar-refractivity contribution >= 4 is 5.91 Å². The minimum atomic E-state index is -0.351. The van der Waals surface area contributed by atoms with E-state index in [-0.39, 0.29) is 29.4 Å². The van der Waals surface area contributed by atoms with Crippen molar-refractivity contribution in [2.75, 3.05) is 0 Å². The molecule has 1 aromatic heterocycles. The Kier molecular flexibility index (Phi) is 4.15. The van der Waals surface area contributed by atoms with E-state index in [4.69, 9.17) is 5.73 Å². The lowest BCUT2D eigenvalue weighted by molar-refractivity contribution is 0.0920. The van der Waals surface area contributed by atoms with E-state index in [9.17, 15) is 9.90 Å². The number of carbonyl (C=O) groups excluding carboxylic acids is 1. The van der Waals surface area contributed by atoms with Crippen LogP contribution in [0.2, 0.25) is 0 Å². The van der Waals surface area contributed by atoms with Crippen LogP contribution in [0.15, 0.2) is 18.3 Å². The molecule has 1 heterocycles. The van der Waals surface area contributed by atoms with Gasteiger partial charge in [0.05, 0.1) is 0 Å². The lowest BCUT2D eigenvalue weighted by atomic mass is 10.0. The molecule has 0 bridgehead atoms. The molecule has 1 fully saturated rings. The third kappa shape index (κ3) is 2.98. The molecule has 18 heavy (non-hydrogen) atoms. The molecule has 98 valence electrons. The molecule has 0 aliphatic heterocycles. The summed E-state index contributed by atoms with van der Waals surface area (Å²) in [5.41, 5.74) is 6.11. The van der Waals surface area contributed by atoms with E-state index in [0.717, 1.165) is 32.1 Å². The van der Waals surface area contributed by atoms with E-state index in [1.54, 1.807) is 6.07 Å². The Morgan fingerprint density at radius 2 is 2.17 bits per heavy atom. The van der Waals surface area contributed by atoms with E-state index in [1.807, 2.05) is 0 Å². The summed E-state index contributed by atoms with van der Waals surface area (Å²) in [5, 5.41) is 12.5. The molecule has 4 N–H and O–H groups in total. The molecule has 2 unspecified atom stereocenters. The van der Waals surface area contributed by atoms with Crippen molar-refractivity contribution < 1.29 is 9.90 Å². The lowest BCUT2D eigenvalue weighted by Crippen LogP contribution is -2.47. The van der Waals surface area contributed by atoms with Crippen LogP contribution in [0.1, 0.15) is 42.6 Å². The number of amides is 1. The Labute approximate surface area is 106 Å². The lowest BCUT2D eigenvalue weighted by Gasteiger charge is -2.22. The van der Waals surface area contributed by atoms with Gasteiger partial charge >= 0.3 is 0 Å². The smallest absolute Gasteiger partial charge is 0.274 e. The first-order chi connectivity index (χ1) is 8.68. The highest BCUT2D eigenvalue weighted by Crippen LogP contribution is 2.18. The molecule has 0 spiro atoms. The molecule has 0 aromatic carbocycles. The zero-order valence-electron chi connectivity index (χ0n) is 10.3. The summed E-state index contributed by atoms with van der Waals surface area (Å²) < 4.78 is 0. The highest BCUT2D eigenvalue weighted by molar-refractivity contribution is 5.94. The van der Waals surface area contributed by atoms with Crippen LogP contribution in [0.4, 0.5) is 0 Å². The highest BCUT2D eigenvalue weighted by atomic mass is 16.3. The van der Waals surface area contributed by atoms with E-state index in [0.29, 0.717) is 0 Å². The van der Waals surface area contributed by atoms with Crippen LogP contribution in [0.25, 0.3) is 0 Å². The van der Waals surface area contributed by atoms with Crippen LogP contribution >= 0.6 is 0 Å². The molecule has 1 aromatic rings. The van der Waals surface area contributed by atoms with Crippen molar-refractivity contribution in [1.82, 2.24) is 10.3 Å². The van der Waals surface area contributed by atoms with Gasteiger partial charge in [0.2, 0.25) is 0 Å². The minimum Gasteiger partial charge on any atom is -0.505 e. The van der Waals surface area contributed by atoms with Gasteiger partial charge in [-0.15, -0.1) is 0 Å². The van der Waals surface area contributed by atoms with Crippen molar-refractivity contribution in [3.63, 3.8) is 0 Å². The molecule has 2 atom stereocenters. The molecule has 2 rings (SSSR count). The largest absolute Gasteiger partial charge is 0.505 e. The third-order valence-electron chi connectivity index (χ3n) is 3.39. The molecule has 1 saturated carbocycles. The average Bonchev–Trinajstić information content (AvgIpc) is 2.55. The maximum Gasteiger partial charge on any atom is 0.274 e. The molecule has 5 heteroatoms. The quantitative estimate of drug-likeness (QED) is 0.687. The number of aromatic nitrogens is 1. The van der Waals surface area contributed by atoms with Crippen LogP contribution in [0.3, 0.4) is 0 Å². The summed E-state index contributed by atoms with van der Waals surface area (Å²) in [6.07, 6.45) is 6.66. The molecule has 0 saturated heterocycles. The van der Waals surface area contributed by atoms with Crippen molar-refractivity contribution in [2.45, 2.75) is 44.2 Å². The van der Waals surface area contributed by atoms with Crippen LogP contribution in [0.5, 0.6) is 5.75 Å². The van der Waals surface area contributed by atoms with E-state index < -0.39 is 0 Å². The summed E-state index contributed by atoms with van der Waals surface area (Å²) in [6, 6.07) is 3.00. The van der Waals surface area contributed by atoms with Gasteiger partial charge in [0.25, 0.3) is 5.91 Å². The normalized spacial score (nSPS) is 24.3. The van der Waals surface area contributed by atoms with Gasteiger partial charge in [-0.1, -0.05) is 19.3 Å². The monoisotopic (exact) mass is 249 g/mol. The first-order valence-corrected chi connectivity index (χ1v) is 6.39. The Morgan fingerprint density at radius 1 is 1.39 bits per heavy atom. The minimum absolute atomic E-state index is 0.0118. The maximum absolute atomic E-state index is 12.0. The average molecular weight is 249 g/mol. The van der Waals surface area contributed by atoms with Crippen LogP contribution in [-0.2, 0) is 0 Å². The van der Waals surface area contributed by atoms with Crippen LogP contribution in [-0.4, -0.2) is 28.1 Å². The molecule has 5 nitrogen and oxygen atoms in total. The van der Waals surface area contributed by atoms with Crippen molar-refractivity contribution in [2.24, 2.45) is 5.73 Å². The zero-order valence-corrected chi connectivity index (χ0v) is 10.3. The predicted octanol–water partition coefficient (Wildman–Crippen LogP) is 1.18. The van der Waals surface area contributed by atoms with Gasteiger partial charge in [0.15, 0.2) is 5.69 Å². The summed E-state index contributed by atoms with van der Waals surface area (Å²) in [7, 11) is 0. The van der Waals surface area contributed by atoms with E-state index in [1.165, 1.54) is 12.3 Å². The second-order valence-electron chi connectivity index (χ2n) is 4.75. The number of nitrogens with two attached hydrogens (primary N) is 1. The SMILES string of the molecule is NC1CCCCCC1NC(=O)c1ncccc1O. The summed E-state index contributed by atoms with van der Waals surface area (Å²) in [6.45, 7) is 0. The molecule has 0 radical (unpaired) electrons. The zero-order chi connectivity index (χ0) is 13.0. The Hall–Kier alpha value is -1.62. The van der Waals surface area contributed by atoms with Crippen molar-refractivity contribution in [3.05, 3.63) is 24.0 Å². The van der Waals surface area contributed by atoms with Crippen molar-refractivity contribution in [1.29, 1.82) is 0 Å². The van der Waals surface area contributed by atoms with E-state index in [2.05, 4.69) is 10.3 Å². The topological polar surface area (TPSA) is 88.2 Å². The van der Waals surface area contributed by atoms with Crippen LogP contribution in [0, 0.1) is 0 Å². The fourth-order valence-electron chi connectivity index (χ4n) is 2.32. The Balaban J connectivity index is 2.04. The number of nitrogens with one attached hydrogen (secondary N) is 1. The number of nitrogens with zero attached hydrogens (tertiary/aromatic N) is 1. The third-order valence-corrected chi connectivity index (χ3v) is 3.39. The van der Waals surface area contributed by atoms with Crippen LogP contribution < -0.4 is 11.1 Å². The first-order valence-electron chi connectivity index (χ1n) is 6.39. The standard InChI is InChI=1S/C13H19N3O2/c14-9-5-2-1-3-6-10(9)16-13(18)12-11(17)7-4-8-15-12/h4,7-10,17H,1-3,5-6,14H2,(H,16,18). The Bertz CT molecular complexity index is 422. The molecular weight excluding hydrogens is 230 g/mol. The highest BCUT2D eigenvalue weighted by Gasteiger charge is 2.23. The van der Waals surface area contributed by atoms with Gasteiger partial charge < -0.3 is 16.2 Å². The van der Waals surface area contributed by atoms with Gasteiger partial charge in [-0.3, -0.25) is 4.79 Å². The molecular formula is C13H19N3O2. The van der Waals surface area contributed by atoms with E-state index >= 15 is 0 Å². The van der Waals surface area contributed by atoms with Gasteiger partial charge in [0, 0.05) is 18.3 Å². The number of aromatic hydroxyl groups is 1. The second kappa shape index (κ2) is 5.82. The van der Waals surface area contributed by atoms with Crippen molar-refractivity contribution in [3.8, 4) is 5.75 Å². The van der Waals surface area contributed by atoms with Gasteiger partial charge in [-0.25, -0.2) is 4.98 Å². The Morgan fingerprint density at radius 3 is 2.94 bits per heavy atom. The first kappa shape index (κ1) is 12.8. The molecule has 1 aliphatic rings. The fourth-order valence-corrected chi connectivity index (χ4v) is 2.32. The summed E-state index contributed by atoms with van der Waals surface area (Å²) in [5.74, 6) is -0.451. The number of hydrogen-bond acceptors (Lipinski definition) is 4. The predicted molar refractivity (Wildman–Crippen MR) is 68.2 cm³/mol. The number of carbonyl (C=O) groups is 1. The number of hydrogen-bond donors (Lipinski definition) is 3. The summed E-state index contributed by atoms with van der Waals surface area (Å²) >= 11 is 0. The fraction of sp³-hybridized carbons (Fsp3) is 0.538. The summed E-state index contributed by atoms with van der Waals surface area (Å²) in [4.78, 5) is 15.9. The molecule has 1 amide bonds. The molecule has 1 aliphatic carbocycles. The second-order valence-corrected chi connectivity index (χ2v) is 4.75.